The van der Waals surface area contributed by atoms with E-state index in [-0.39, 0.29) is 42.1 Å². The molecule has 142 valence electrons. The molecule has 2 saturated heterocycles. The third-order valence-corrected chi connectivity index (χ3v) is 10.1. The van der Waals surface area contributed by atoms with E-state index < -0.39 is 14.1 Å². The van der Waals surface area contributed by atoms with Crippen molar-refractivity contribution in [1.82, 2.24) is 5.32 Å². The van der Waals surface area contributed by atoms with Gasteiger partial charge in [-0.3, -0.25) is 0 Å². The van der Waals surface area contributed by atoms with E-state index in [1.807, 2.05) is 13.8 Å². The lowest BCUT2D eigenvalue weighted by Crippen LogP contribution is -2.56. The molecule has 2 aliphatic rings. The third-order valence-electron chi connectivity index (χ3n) is 5.55. The number of aliphatic hydroxyl groups is 1. The maximum atomic E-state index is 9.98. The second-order valence-corrected chi connectivity index (χ2v) is 13.6. The van der Waals surface area contributed by atoms with Crippen LogP contribution in [-0.4, -0.2) is 69.9 Å². The van der Waals surface area contributed by atoms with Crippen LogP contribution >= 0.6 is 0 Å². The first-order valence-corrected chi connectivity index (χ1v) is 11.7. The first-order valence-electron chi connectivity index (χ1n) is 8.82. The van der Waals surface area contributed by atoms with Crippen molar-refractivity contribution in [3.63, 3.8) is 0 Å². The fraction of sp³-hybridized carbons (Fsp3) is 1.00. The van der Waals surface area contributed by atoms with E-state index in [2.05, 4.69) is 39.2 Å². The summed E-state index contributed by atoms with van der Waals surface area (Å²) in [6.45, 7) is 15.4. The van der Waals surface area contributed by atoms with E-state index in [0.29, 0.717) is 0 Å². The SMILES string of the molecule is CO[C@H]([C@H]1NC[C@@H]2OC(C)(C)O[C@H]12)[C@@H](CO)O[Si](C)(C)C(C)(C)C. The molecule has 0 aromatic carbocycles. The number of aliphatic hydroxyl groups excluding tert-OH is 1. The summed E-state index contributed by atoms with van der Waals surface area (Å²) in [7, 11) is -0.356. The number of fused-ring (bicyclic) bond motifs is 1. The number of hydrogen-bond acceptors (Lipinski definition) is 6. The zero-order valence-electron chi connectivity index (χ0n) is 16.4. The summed E-state index contributed by atoms with van der Waals surface area (Å²) in [5, 5.41) is 13.5. The van der Waals surface area contributed by atoms with Crippen molar-refractivity contribution < 1.29 is 23.7 Å². The summed E-state index contributed by atoms with van der Waals surface area (Å²) in [6, 6.07) is -0.0660. The van der Waals surface area contributed by atoms with Crippen molar-refractivity contribution in [2.24, 2.45) is 0 Å². The highest BCUT2D eigenvalue weighted by Gasteiger charge is 2.53. The molecule has 6 nitrogen and oxygen atoms in total. The van der Waals surface area contributed by atoms with E-state index >= 15 is 0 Å². The summed E-state index contributed by atoms with van der Waals surface area (Å²) >= 11 is 0. The van der Waals surface area contributed by atoms with Crippen LogP contribution in [0.15, 0.2) is 0 Å². The molecule has 5 atom stereocenters. The van der Waals surface area contributed by atoms with Crippen molar-refractivity contribution in [2.75, 3.05) is 20.3 Å². The normalized spacial score (nSPS) is 32.6. The summed E-state index contributed by atoms with van der Waals surface area (Å²) < 4.78 is 24.2. The smallest absolute Gasteiger partial charge is 0.192 e. The number of methoxy groups -OCH3 is 1. The van der Waals surface area contributed by atoms with Crippen LogP contribution in [0, 0.1) is 0 Å². The Labute approximate surface area is 147 Å². The molecule has 0 saturated carbocycles. The second kappa shape index (κ2) is 6.94. The minimum atomic E-state index is -2.02. The van der Waals surface area contributed by atoms with Gasteiger partial charge in [0.1, 0.15) is 18.3 Å². The molecule has 24 heavy (non-hydrogen) atoms. The number of hydrogen-bond donors (Lipinski definition) is 2. The predicted octanol–water partition coefficient (Wildman–Crippen LogP) is 1.88. The van der Waals surface area contributed by atoms with Crippen LogP contribution in [-0.2, 0) is 18.6 Å². The van der Waals surface area contributed by atoms with Crippen LogP contribution in [0.25, 0.3) is 0 Å². The summed E-state index contributed by atoms with van der Waals surface area (Å²) in [4.78, 5) is 0. The van der Waals surface area contributed by atoms with Gasteiger partial charge in [-0.1, -0.05) is 20.8 Å². The minimum absolute atomic E-state index is 0.00913. The number of ether oxygens (including phenoxy) is 3. The van der Waals surface area contributed by atoms with Gasteiger partial charge in [-0.25, -0.2) is 0 Å². The predicted molar refractivity (Wildman–Crippen MR) is 95.6 cm³/mol. The fourth-order valence-electron chi connectivity index (χ4n) is 3.29. The van der Waals surface area contributed by atoms with Crippen molar-refractivity contribution >= 4 is 8.32 Å². The van der Waals surface area contributed by atoms with Crippen molar-refractivity contribution in [3.05, 3.63) is 0 Å². The standard InChI is InChI=1S/C17H35NO5Si/c1-16(2,3)24(7,8)23-12(10-19)14(20-6)13-15-11(9-18-13)21-17(4,5)22-15/h11-15,18-19H,9-10H2,1-8H3/t11-,12+,13+,14-,15-/m0/s1. The van der Waals surface area contributed by atoms with Gasteiger partial charge in [0.2, 0.25) is 0 Å². The van der Waals surface area contributed by atoms with Crippen LogP contribution in [0.1, 0.15) is 34.6 Å². The Bertz CT molecular complexity index is 437. The molecule has 2 fully saturated rings. The summed E-state index contributed by atoms with van der Waals surface area (Å²) in [5.74, 6) is -0.580. The van der Waals surface area contributed by atoms with E-state index in [1.165, 1.54) is 0 Å². The van der Waals surface area contributed by atoms with Crippen LogP contribution < -0.4 is 5.32 Å². The topological polar surface area (TPSA) is 69.2 Å². The first kappa shape index (κ1) is 20.3. The van der Waals surface area contributed by atoms with Crippen LogP contribution in [0.3, 0.4) is 0 Å². The molecule has 2 heterocycles. The van der Waals surface area contributed by atoms with E-state index in [9.17, 15) is 5.11 Å². The molecule has 2 N–H and O–H groups in total. The quantitative estimate of drug-likeness (QED) is 0.704. The Balaban J connectivity index is 2.14. The molecular formula is C17H35NO5Si. The Morgan fingerprint density at radius 2 is 1.92 bits per heavy atom. The Morgan fingerprint density at radius 3 is 2.42 bits per heavy atom. The van der Waals surface area contributed by atoms with Crippen LogP contribution in [0.4, 0.5) is 0 Å². The highest BCUT2D eigenvalue weighted by atomic mass is 28.4. The van der Waals surface area contributed by atoms with Gasteiger partial charge < -0.3 is 29.1 Å². The monoisotopic (exact) mass is 361 g/mol. The molecule has 0 aliphatic carbocycles. The van der Waals surface area contributed by atoms with Crippen molar-refractivity contribution in [1.29, 1.82) is 0 Å². The van der Waals surface area contributed by atoms with Gasteiger partial charge in [0.05, 0.1) is 18.8 Å². The minimum Gasteiger partial charge on any atom is -0.409 e. The van der Waals surface area contributed by atoms with Crippen LogP contribution in [0.2, 0.25) is 18.1 Å². The van der Waals surface area contributed by atoms with Gasteiger partial charge in [0, 0.05) is 13.7 Å². The molecule has 2 rings (SSSR count). The summed E-state index contributed by atoms with van der Waals surface area (Å²) in [6.07, 6.45) is -0.770. The van der Waals surface area contributed by atoms with Crippen LogP contribution in [0.5, 0.6) is 0 Å². The molecule has 0 bridgehead atoms. The van der Waals surface area contributed by atoms with E-state index in [0.717, 1.165) is 6.54 Å². The molecule has 0 aromatic heterocycles. The molecule has 0 aromatic rings. The largest absolute Gasteiger partial charge is 0.409 e. The van der Waals surface area contributed by atoms with Gasteiger partial charge in [-0.15, -0.1) is 0 Å². The Hall–Kier alpha value is -0.0231. The van der Waals surface area contributed by atoms with E-state index in [1.54, 1.807) is 7.11 Å². The van der Waals surface area contributed by atoms with Gasteiger partial charge >= 0.3 is 0 Å². The highest BCUT2D eigenvalue weighted by molar-refractivity contribution is 6.74. The molecule has 0 unspecified atom stereocenters. The second-order valence-electron chi connectivity index (χ2n) is 8.87. The van der Waals surface area contributed by atoms with Crippen molar-refractivity contribution in [3.8, 4) is 0 Å². The van der Waals surface area contributed by atoms with E-state index in [4.69, 9.17) is 18.6 Å². The third kappa shape index (κ3) is 4.03. The molecular weight excluding hydrogens is 326 g/mol. The lowest BCUT2D eigenvalue weighted by Gasteiger charge is -2.42. The van der Waals surface area contributed by atoms with Crippen molar-refractivity contribution in [2.45, 2.75) is 89.0 Å². The average molecular weight is 362 g/mol. The Kier molecular flexibility index (Phi) is 5.87. The lowest BCUT2D eigenvalue weighted by atomic mass is 10.0. The molecule has 2 aliphatic heterocycles. The zero-order chi connectivity index (χ0) is 18.3. The van der Waals surface area contributed by atoms with Gasteiger partial charge in [-0.2, -0.15) is 0 Å². The van der Waals surface area contributed by atoms with Gasteiger partial charge in [0.25, 0.3) is 0 Å². The molecule has 0 amide bonds. The number of rotatable bonds is 6. The highest BCUT2D eigenvalue weighted by Crippen LogP contribution is 2.39. The molecule has 7 heteroatoms. The molecule has 0 spiro atoms. The van der Waals surface area contributed by atoms with Gasteiger partial charge in [0.15, 0.2) is 14.1 Å². The first-order chi connectivity index (χ1) is 10.9. The number of nitrogens with one attached hydrogen (secondary N) is 1. The summed E-state index contributed by atoms with van der Waals surface area (Å²) in [5.41, 5.74) is 0. The Morgan fingerprint density at radius 1 is 1.29 bits per heavy atom. The zero-order valence-corrected chi connectivity index (χ0v) is 17.4. The average Bonchev–Trinajstić information content (AvgIpc) is 2.93. The molecule has 0 radical (unpaired) electrons. The fourth-order valence-corrected chi connectivity index (χ4v) is 4.61. The van der Waals surface area contributed by atoms with Gasteiger partial charge in [-0.05, 0) is 32.0 Å². The lowest BCUT2D eigenvalue weighted by molar-refractivity contribution is -0.160. The maximum absolute atomic E-state index is 9.98. The maximum Gasteiger partial charge on any atom is 0.192 e.